The average Bonchev–Trinajstić information content (AvgIpc) is 2.90. The second kappa shape index (κ2) is 11.7. The fraction of sp³-hybridized carbons (Fsp3) is 0.143. The van der Waals surface area contributed by atoms with Crippen LogP contribution in [-0.4, -0.2) is 33.3 Å². The third kappa shape index (κ3) is 6.50. The highest BCUT2D eigenvalue weighted by molar-refractivity contribution is 5.98. The highest BCUT2D eigenvalue weighted by Crippen LogP contribution is 2.26. The Hall–Kier alpha value is -4.60. The maximum atomic E-state index is 12.8. The van der Waals surface area contributed by atoms with Crippen molar-refractivity contribution < 1.29 is 25.0 Å². The van der Waals surface area contributed by atoms with Gasteiger partial charge in [-0.2, -0.15) is 0 Å². The minimum Gasteiger partial charge on any atom is -0.399 e. The van der Waals surface area contributed by atoms with Crippen LogP contribution < -0.4 is 16.5 Å². The molecule has 0 saturated carbocycles. The highest BCUT2D eigenvalue weighted by Gasteiger charge is 2.40. The maximum Gasteiger partial charge on any atom is 0.269 e. The first-order valence-electron chi connectivity index (χ1n) is 10.9. The summed E-state index contributed by atoms with van der Waals surface area (Å²) >= 11 is 0. The maximum absolute atomic E-state index is 12.8. The molecule has 0 heterocycles. The van der Waals surface area contributed by atoms with Crippen molar-refractivity contribution in [2.24, 2.45) is 0 Å². The number of benzene rings is 3. The van der Waals surface area contributed by atoms with Gasteiger partial charge < -0.3 is 21.3 Å². The van der Waals surface area contributed by atoms with Crippen molar-refractivity contribution in [2.45, 2.75) is 25.2 Å². The number of aliphatic hydroxyl groups is 2. The molecule has 182 valence electrons. The lowest BCUT2D eigenvalue weighted by Gasteiger charge is -2.32. The molecule has 2 atom stereocenters. The number of rotatable bonds is 6. The van der Waals surface area contributed by atoms with E-state index in [-0.39, 0.29) is 12.2 Å². The Morgan fingerprint density at radius 3 is 1.94 bits per heavy atom. The molecule has 8 nitrogen and oxygen atoms in total. The normalized spacial score (nSPS) is 12.6. The summed E-state index contributed by atoms with van der Waals surface area (Å²) in [5.41, 5.74) is 8.45. The summed E-state index contributed by atoms with van der Waals surface area (Å²) in [7, 11) is 0. The van der Waals surface area contributed by atoms with Crippen molar-refractivity contribution in [3.8, 4) is 23.7 Å². The molecule has 0 aliphatic carbocycles. The quantitative estimate of drug-likeness (QED) is 0.136. The van der Waals surface area contributed by atoms with Crippen molar-refractivity contribution in [3.05, 3.63) is 101 Å². The van der Waals surface area contributed by atoms with Gasteiger partial charge >= 0.3 is 0 Å². The van der Waals surface area contributed by atoms with E-state index in [1.54, 1.807) is 48.5 Å². The monoisotopic (exact) mass is 483 g/mol. The Morgan fingerprint density at radius 2 is 1.44 bits per heavy atom. The predicted molar refractivity (Wildman–Crippen MR) is 134 cm³/mol. The molecule has 3 aromatic rings. The number of nitrogen functional groups attached to an aromatic ring is 1. The van der Waals surface area contributed by atoms with Crippen LogP contribution in [0.5, 0.6) is 0 Å². The molecule has 36 heavy (non-hydrogen) atoms. The number of hydrogen-bond acceptors (Lipinski definition) is 6. The highest BCUT2D eigenvalue weighted by atomic mass is 16.5. The van der Waals surface area contributed by atoms with Crippen LogP contribution >= 0.6 is 0 Å². The zero-order chi connectivity index (χ0) is 26.1. The van der Waals surface area contributed by atoms with Gasteiger partial charge in [0, 0.05) is 22.4 Å². The van der Waals surface area contributed by atoms with Crippen molar-refractivity contribution in [1.29, 1.82) is 0 Å². The zero-order valence-corrected chi connectivity index (χ0v) is 19.4. The second-order valence-electron chi connectivity index (χ2n) is 8.08. The van der Waals surface area contributed by atoms with Crippen LogP contribution in [-0.2, 0) is 17.0 Å². The summed E-state index contributed by atoms with van der Waals surface area (Å²) in [6, 6.07) is 18.1. The third-order valence-electron chi connectivity index (χ3n) is 5.46. The predicted octanol–water partition coefficient (Wildman–Crippen LogP) is 1.68. The standard InChI is InChI=1S/C28H25N3O5/c1-28(35,23-14-8-21(18-32)9-15-23)25(27(34)31-36)30-26(33)22-12-6-19(7-13-22)4-2-3-5-20-10-16-24(29)17-11-20/h6-17,25,32,35-36H,18,29H2,1H3,(H,30,33)(H,31,34)/t25-,28?/m1/s1. The number of hydroxylamine groups is 1. The van der Waals surface area contributed by atoms with Crippen LogP contribution in [0.2, 0.25) is 0 Å². The SMILES string of the molecule is CC(O)(c1ccc(CO)cc1)[C@H](NC(=O)c1ccc(C#CC#Cc2ccc(N)cc2)cc1)C(=O)NO. The van der Waals surface area contributed by atoms with Crippen LogP contribution in [0.25, 0.3) is 0 Å². The first-order valence-corrected chi connectivity index (χ1v) is 10.9. The van der Waals surface area contributed by atoms with Gasteiger partial charge in [0.1, 0.15) is 11.6 Å². The van der Waals surface area contributed by atoms with E-state index in [0.29, 0.717) is 22.4 Å². The molecule has 7 N–H and O–H groups in total. The van der Waals surface area contributed by atoms with Gasteiger partial charge in [-0.15, -0.1) is 0 Å². The molecule has 0 fully saturated rings. The Morgan fingerprint density at radius 1 is 0.917 bits per heavy atom. The molecule has 0 radical (unpaired) electrons. The number of nitrogens with two attached hydrogens (primary N) is 1. The fourth-order valence-electron chi connectivity index (χ4n) is 3.33. The zero-order valence-electron chi connectivity index (χ0n) is 19.4. The summed E-state index contributed by atoms with van der Waals surface area (Å²) in [5.74, 6) is 9.64. The van der Waals surface area contributed by atoms with Crippen LogP contribution in [0.4, 0.5) is 5.69 Å². The van der Waals surface area contributed by atoms with Crippen LogP contribution in [0, 0.1) is 23.7 Å². The number of hydrogen-bond donors (Lipinski definition) is 6. The number of carbonyl (C=O) groups is 2. The summed E-state index contributed by atoms with van der Waals surface area (Å²) in [4.78, 5) is 25.2. The van der Waals surface area contributed by atoms with Crippen LogP contribution in [0.3, 0.4) is 0 Å². The van der Waals surface area contributed by atoms with Crippen molar-refractivity contribution in [1.82, 2.24) is 10.8 Å². The number of carbonyl (C=O) groups excluding carboxylic acids is 2. The van der Waals surface area contributed by atoms with Gasteiger partial charge in [-0.25, -0.2) is 5.48 Å². The molecule has 0 aliphatic rings. The number of amides is 2. The number of nitrogens with one attached hydrogen (secondary N) is 2. The Labute approximate surface area is 208 Å². The van der Waals surface area contributed by atoms with E-state index in [1.807, 2.05) is 0 Å². The second-order valence-corrected chi connectivity index (χ2v) is 8.08. The molecule has 0 bridgehead atoms. The smallest absolute Gasteiger partial charge is 0.269 e. The third-order valence-corrected chi connectivity index (χ3v) is 5.46. The van der Waals surface area contributed by atoms with Gasteiger partial charge in [0.05, 0.1) is 6.61 Å². The van der Waals surface area contributed by atoms with E-state index in [9.17, 15) is 25.0 Å². The molecule has 0 aliphatic heterocycles. The van der Waals surface area contributed by atoms with Gasteiger partial charge in [-0.3, -0.25) is 14.8 Å². The van der Waals surface area contributed by atoms with Gasteiger partial charge in [0.15, 0.2) is 0 Å². The minimum atomic E-state index is -1.87. The molecular formula is C28H25N3O5. The molecular weight excluding hydrogens is 458 g/mol. The van der Waals surface area contributed by atoms with Crippen molar-refractivity contribution in [2.75, 3.05) is 5.73 Å². The fourth-order valence-corrected chi connectivity index (χ4v) is 3.33. The first-order chi connectivity index (χ1) is 17.2. The molecule has 0 saturated heterocycles. The van der Waals surface area contributed by atoms with Crippen LogP contribution in [0.1, 0.15) is 39.5 Å². The lowest BCUT2D eigenvalue weighted by molar-refractivity contribution is -0.138. The van der Waals surface area contributed by atoms with Crippen molar-refractivity contribution >= 4 is 17.5 Å². The van der Waals surface area contributed by atoms with E-state index in [2.05, 4.69) is 29.0 Å². The molecule has 3 aromatic carbocycles. The Kier molecular flexibility index (Phi) is 8.45. The topological polar surface area (TPSA) is 145 Å². The lowest BCUT2D eigenvalue weighted by Crippen LogP contribution is -2.57. The molecule has 8 heteroatoms. The molecule has 1 unspecified atom stereocenters. The number of aliphatic hydroxyl groups excluding tert-OH is 1. The van der Waals surface area contributed by atoms with E-state index in [1.165, 1.54) is 36.7 Å². The summed E-state index contributed by atoms with van der Waals surface area (Å²) < 4.78 is 0. The van der Waals surface area contributed by atoms with Crippen molar-refractivity contribution in [3.63, 3.8) is 0 Å². The van der Waals surface area contributed by atoms with E-state index < -0.39 is 23.5 Å². The van der Waals surface area contributed by atoms with Gasteiger partial charge in [-0.1, -0.05) is 36.1 Å². The first kappa shape index (κ1) is 26.0. The minimum absolute atomic E-state index is 0.185. The molecule has 3 rings (SSSR count). The van der Waals surface area contributed by atoms with Crippen LogP contribution in [0.15, 0.2) is 72.8 Å². The largest absolute Gasteiger partial charge is 0.399 e. The molecule has 0 spiro atoms. The lowest BCUT2D eigenvalue weighted by atomic mass is 9.87. The Balaban J connectivity index is 1.73. The van der Waals surface area contributed by atoms with Gasteiger partial charge in [0.2, 0.25) is 0 Å². The van der Waals surface area contributed by atoms with E-state index in [0.717, 1.165) is 5.56 Å². The molecule has 0 aromatic heterocycles. The van der Waals surface area contributed by atoms with Gasteiger partial charge in [0.25, 0.3) is 11.8 Å². The molecule has 2 amide bonds. The van der Waals surface area contributed by atoms with Gasteiger partial charge in [-0.05, 0) is 78.4 Å². The van der Waals surface area contributed by atoms with E-state index in [4.69, 9.17) is 5.73 Å². The van der Waals surface area contributed by atoms with E-state index >= 15 is 0 Å². The Bertz CT molecular complexity index is 1340. The summed E-state index contributed by atoms with van der Waals surface area (Å²) in [6.07, 6.45) is 0. The average molecular weight is 484 g/mol. The summed E-state index contributed by atoms with van der Waals surface area (Å²) in [5, 5.41) is 31.9. The number of anilines is 1. The summed E-state index contributed by atoms with van der Waals surface area (Å²) in [6.45, 7) is 1.15.